The molecule has 154 valence electrons. The normalized spacial score (nSPS) is 14.4. The first-order chi connectivity index (χ1) is 14.5. The molecule has 2 aromatic heterocycles. The number of Topliss-reactive ketones (excluding diaryl/α,β-unsaturated/α-hetero) is 1. The van der Waals surface area contributed by atoms with Gasteiger partial charge in [0.25, 0.3) is 0 Å². The van der Waals surface area contributed by atoms with Crippen molar-refractivity contribution in [2.45, 2.75) is 12.8 Å². The number of urea groups is 1. The summed E-state index contributed by atoms with van der Waals surface area (Å²) in [4.78, 5) is 45.8. The molecule has 1 N–H and O–H groups in total. The van der Waals surface area contributed by atoms with Crippen molar-refractivity contribution in [3.63, 3.8) is 0 Å². The Morgan fingerprint density at radius 3 is 2.87 bits per heavy atom. The van der Waals surface area contributed by atoms with Gasteiger partial charge in [-0.1, -0.05) is 0 Å². The number of carbonyl (C=O) groups is 2. The van der Waals surface area contributed by atoms with Crippen LogP contribution in [-0.2, 0) is 6.42 Å². The summed E-state index contributed by atoms with van der Waals surface area (Å²) in [6.45, 7) is 1.84. The minimum atomic E-state index is -0.141. The highest BCUT2D eigenvalue weighted by Crippen LogP contribution is 2.28. The fraction of sp³-hybridized carbons (Fsp3) is 0.333. The predicted octanol–water partition coefficient (Wildman–Crippen LogP) is 1.67. The third kappa shape index (κ3) is 4.05. The van der Waals surface area contributed by atoms with E-state index in [1.165, 1.54) is 4.90 Å². The van der Waals surface area contributed by atoms with Gasteiger partial charge in [-0.3, -0.25) is 14.8 Å². The lowest BCUT2D eigenvalue weighted by Crippen LogP contribution is -2.38. The van der Waals surface area contributed by atoms with Crippen LogP contribution in [0.4, 0.5) is 10.6 Å². The van der Waals surface area contributed by atoms with Crippen LogP contribution in [0.1, 0.15) is 28.0 Å². The van der Waals surface area contributed by atoms with Crippen molar-refractivity contribution in [3.05, 3.63) is 53.5 Å². The Kier molecular flexibility index (Phi) is 5.51. The van der Waals surface area contributed by atoms with Crippen LogP contribution in [0.15, 0.2) is 46.6 Å². The molecule has 9 nitrogen and oxygen atoms in total. The van der Waals surface area contributed by atoms with Gasteiger partial charge < -0.3 is 15.1 Å². The molecule has 0 aromatic carbocycles. The third-order valence-electron chi connectivity index (χ3n) is 4.93. The molecule has 2 aliphatic heterocycles. The number of rotatable bonds is 6. The number of hydrogen-bond acceptors (Lipinski definition) is 7. The lowest BCUT2D eigenvalue weighted by Gasteiger charge is -2.27. The van der Waals surface area contributed by atoms with E-state index >= 15 is 0 Å². The van der Waals surface area contributed by atoms with Crippen LogP contribution >= 0.6 is 0 Å². The summed E-state index contributed by atoms with van der Waals surface area (Å²) in [5, 5.41) is 2.83. The van der Waals surface area contributed by atoms with Gasteiger partial charge in [0.2, 0.25) is 0 Å². The number of hydrogen-bond donors (Lipinski definition) is 1. The lowest BCUT2D eigenvalue weighted by molar-refractivity contribution is 0.0998. The topological polar surface area (TPSA) is 103 Å². The first-order valence-electron chi connectivity index (χ1n) is 9.81. The fourth-order valence-corrected chi connectivity index (χ4v) is 3.36. The van der Waals surface area contributed by atoms with Crippen molar-refractivity contribution < 1.29 is 9.59 Å². The monoisotopic (exact) mass is 405 g/mol. The van der Waals surface area contributed by atoms with Gasteiger partial charge in [0.05, 0.1) is 18.5 Å². The minimum absolute atomic E-state index is 0.0425. The SMILES string of the molecule is CN(C)C(=O)NCCc1ccc2c(n1)N=C(CC(=O)c1cccnc1)N1CCN=C21. The molecule has 4 rings (SSSR count). The predicted molar refractivity (Wildman–Crippen MR) is 113 cm³/mol. The van der Waals surface area contributed by atoms with Crippen LogP contribution in [0, 0.1) is 0 Å². The van der Waals surface area contributed by atoms with Gasteiger partial charge in [-0.2, -0.15) is 0 Å². The highest BCUT2D eigenvalue weighted by atomic mass is 16.2. The van der Waals surface area contributed by atoms with Gasteiger partial charge in [-0.05, 0) is 24.3 Å². The lowest BCUT2D eigenvalue weighted by atomic mass is 10.1. The molecule has 0 unspecified atom stereocenters. The van der Waals surface area contributed by atoms with E-state index in [4.69, 9.17) is 4.99 Å². The number of pyridine rings is 2. The number of nitrogens with zero attached hydrogens (tertiary/aromatic N) is 6. The maximum Gasteiger partial charge on any atom is 0.316 e. The summed E-state index contributed by atoms with van der Waals surface area (Å²) in [7, 11) is 3.40. The van der Waals surface area contributed by atoms with Crippen LogP contribution in [0.3, 0.4) is 0 Å². The molecule has 30 heavy (non-hydrogen) atoms. The summed E-state index contributed by atoms with van der Waals surface area (Å²) in [6, 6.07) is 7.26. The van der Waals surface area contributed by atoms with Crippen LogP contribution in [0.5, 0.6) is 0 Å². The fourth-order valence-electron chi connectivity index (χ4n) is 3.36. The Hall–Kier alpha value is -3.62. The molecule has 4 heterocycles. The molecular formula is C21H23N7O2. The standard InChI is InChI=1S/C21H23N7O2/c1-27(2)21(30)24-9-7-15-5-6-16-19(25-15)26-18(28-11-10-23-20(16)28)12-17(29)14-4-3-8-22-13-14/h3-6,8,13H,7,9-12H2,1-2H3,(H,24,30). The van der Waals surface area contributed by atoms with Crippen molar-refractivity contribution in [1.82, 2.24) is 25.1 Å². The molecule has 0 bridgehead atoms. The number of amides is 2. The van der Waals surface area contributed by atoms with E-state index < -0.39 is 0 Å². The zero-order valence-corrected chi connectivity index (χ0v) is 17.0. The number of aromatic nitrogens is 2. The van der Waals surface area contributed by atoms with E-state index in [0.717, 1.165) is 17.1 Å². The van der Waals surface area contributed by atoms with Crippen LogP contribution in [-0.4, -0.2) is 77.0 Å². The second-order valence-corrected chi connectivity index (χ2v) is 7.28. The molecule has 2 aromatic rings. The summed E-state index contributed by atoms with van der Waals surface area (Å²) in [5.41, 5.74) is 2.25. The Labute approximate surface area is 174 Å². The van der Waals surface area contributed by atoms with Crippen molar-refractivity contribution in [3.8, 4) is 0 Å². The summed E-state index contributed by atoms with van der Waals surface area (Å²) >= 11 is 0. The highest BCUT2D eigenvalue weighted by Gasteiger charge is 2.31. The maximum atomic E-state index is 12.7. The number of ketones is 1. The number of aliphatic imine (C=N–C) groups is 2. The van der Waals surface area contributed by atoms with Crippen molar-refractivity contribution in [2.75, 3.05) is 33.7 Å². The van der Waals surface area contributed by atoms with Gasteiger partial charge in [-0.15, -0.1) is 0 Å². The summed E-state index contributed by atoms with van der Waals surface area (Å²) in [5.74, 6) is 1.99. The number of amidine groups is 2. The van der Waals surface area contributed by atoms with E-state index in [1.807, 2.05) is 17.0 Å². The van der Waals surface area contributed by atoms with Gasteiger partial charge in [0.1, 0.15) is 11.7 Å². The highest BCUT2D eigenvalue weighted by molar-refractivity contribution is 6.20. The molecule has 0 saturated carbocycles. The second-order valence-electron chi connectivity index (χ2n) is 7.28. The van der Waals surface area contributed by atoms with E-state index in [2.05, 4.69) is 20.3 Å². The maximum absolute atomic E-state index is 12.7. The van der Waals surface area contributed by atoms with Crippen molar-refractivity contribution in [1.29, 1.82) is 0 Å². The van der Waals surface area contributed by atoms with E-state index in [-0.39, 0.29) is 18.2 Å². The molecule has 0 fully saturated rings. The number of fused-ring (bicyclic) bond motifs is 3. The largest absolute Gasteiger partial charge is 0.338 e. The molecule has 0 radical (unpaired) electrons. The van der Waals surface area contributed by atoms with Crippen LogP contribution < -0.4 is 5.32 Å². The molecule has 2 aliphatic rings. The number of carbonyl (C=O) groups excluding carboxylic acids is 2. The average molecular weight is 405 g/mol. The number of nitrogens with one attached hydrogen (secondary N) is 1. The van der Waals surface area contributed by atoms with E-state index in [1.54, 1.807) is 38.6 Å². The molecule has 9 heteroatoms. The smallest absolute Gasteiger partial charge is 0.316 e. The van der Waals surface area contributed by atoms with Gasteiger partial charge in [0.15, 0.2) is 11.6 Å². The van der Waals surface area contributed by atoms with Gasteiger partial charge >= 0.3 is 6.03 Å². The summed E-state index contributed by atoms with van der Waals surface area (Å²) in [6.07, 6.45) is 3.96. The second kappa shape index (κ2) is 8.40. The van der Waals surface area contributed by atoms with E-state index in [9.17, 15) is 9.59 Å². The molecular weight excluding hydrogens is 382 g/mol. The zero-order valence-electron chi connectivity index (χ0n) is 17.0. The van der Waals surface area contributed by atoms with Gasteiger partial charge in [0, 0.05) is 57.3 Å². The van der Waals surface area contributed by atoms with E-state index in [0.29, 0.717) is 43.3 Å². The minimum Gasteiger partial charge on any atom is -0.338 e. The Morgan fingerprint density at radius 2 is 2.10 bits per heavy atom. The molecule has 2 amide bonds. The Balaban J connectivity index is 1.54. The summed E-state index contributed by atoms with van der Waals surface area (Å²) < 4.78 is 0. The van der Waals surface area contributed by atoms with Crippen LogP contribution in [0.25, 0.3) is 0 Å². The molecule has 0 spiro atoms. The quantitative estimate of drug-likeness (QED) is 0.737. The van der Waals surface area contributed by atoms with Gasteiger partial charge in [-0.25, -0.2) is 14.8 Å². The Bertz CT molecular complexity index is 1030. The first kappa shape index (κ1) is 19.7. The third-order valence-corrected chi connectivity index (χ3v) is 4.93. The zero-order chi connectivity index (χ0) is 21.1. The van der Waals surface area contributed by atoms with Crippen LogP contribution in [0.2, 0.25) is 0 Å². The van der Waals surface area contributed by atoms with Crippen molar-refractivity contribution in [2.24, 2.45) is 9.98 Å². The van der Waals surface area contributed by atoms with Crippen molar-refractivity contribution >= 4 is 29.3 Å². The first-order valence-corrected chi connectivity index (χ1v) is 9.81. The molecule has 0 atom stereocenters. The average Bonchev–Trinajstić information content (AvgIpc) is 3.24. The molecule has 0 saturated heterocycles. The Morgan fingerprint density at radius 1 is 1.23 bits per heavy atom. The molecule has 0 aliphatic carbocycles.